The van der Waals surface area contributed by atoms with Gasteiger partial charge in [0.1, 0.15) is 11.6 Å². The summed E-state index contributed by atoms with van der Waals surface area (Å²) < 4.78 is 26.6. The quantitative estimate of drug-likeness (QED) is 0.812. The third-order valence-electron chi connectivity index (χ3n) is 2.94. The largest absolute Gasteiger partial charge is 0.349 e. The minimum Gasteiger partial charge on any atom is -0.349 e. The summed E-state index contributed by atoms with van der Waals surface area (Å²) in [6.07, 6.45) is 3.90. The van der Waals surface area contributed by atoms with Gasteiger partial charge < -0.3 is 5.32 Å². The van der Waals surface area contributed by atoms with Crippen molar-refractivity contribution in [3.05, 3.63) is 34.4 Å². The van der Waals surface area contributed by atoms with Crippen molar-refractivity contribution in [3.63, 3.8) is 0 Å². The maximum atomic E-state index is 13.4. The van der Waals surface area contributed by atoms with Crippen molar-refractivity contribution in [2.75, 3.05) is 0 Å². The SMILES string of the molecule is O=C(NC1CCCC1)c1cc(F)c(Cl)cc1F. The lowest BCUT2D eigenvalue weighted by Crippen LogP contribution is -2.33. The Morgan fingerprint density at radius 2 is 1.88 bits per heavy atom. The Hall–Kier alpha value is -1.16. The fourth-order valence-electron chi connectivity index (χ4n) is 2.03. The van der Waals surface area contributed by atoms with Crippen molar-refractivity contribution in [2.24, 2.45) is 0 Å². The molecule has 0 aliphatic heterocycles. The van der Waals surface area contributed by atoms with Gasteiger partial charge in [-0.15, -0.1) is 0 Å². The first-order valence-corrected chi connectivity index (χ1v) is 5.91. The van der Waals surface area contributed by atoms with Gasteiger partial charge in [0.25, 0.3) is 5.91 Å². The highest BCUT2D eigenvalue weighted by Crippen LogP contribution is 2.21. The van der Waals surface area contributed by atoms with Gasteiger partial charge in [0.2, 0.25) is 0 Å². The lowest BCUT2D eigenvalue weighted by molar-refractivity contribution is 0.0933. The molecule has 0 saturated heterocycles. The Morgan fingerprint density at radius 3 is 2.53 bits per heavy atom. The van der Waals surface area contributed by atoms with Crippen LogP contribution in [0.1, 0.15) is 36.0 Å². The zero-order chi connectivity index (χ0) is 12.4. The number of carbonyl (C=O) groups excluding carboxylic acids is 1. The Kier molecular flexibility index (Phi) is 3.62. The molecule has 1 aromatic carbocycles. The van der Waals surface area contributed by atoms with E-state index in [4.69, 9.17) is 11.6 Å². The molecule has 0 aromatic heterocycles. The lowest BCUT2D eigenvalue weighted by atomic mass is 10.1. The molecule has 1 N–H and O–H groups in total. The number of benzene rings is 1. The zero-order valence-electron chi connectivity index (χ0n) is 9.10. The third kappa shape index (κ3) is 2.75. The van der Waals surface area contributed by atoms with Gasteiger partial charge in [-0.1, -0.05) is 24.4 Å². The second-order valence-corrected chi connectivity index (χ2v) is 4.61. The van der Waals surface area contributed by atoms with Gasteiger partial charge in [0.15, 0.2) is 0 Å². The Bertz CT molecular complexity index is 444. The van der Waals surface area contributed by atoms with Crippen LogP contribution < -0.4 is 5.32 Å². The molecule has 17 heavy (non-hydrogen) atoms. The molecule has 2 rings (SSSR count). The van der Waals surface area contributed by atoms with E-state index in [1.165, 1.54) is 0 Å². The summed E-state index contributed by atoms with van der Waals surface area (Å²) in [5, 5.41) is 2.37. The van der Waals surface area contributed by atoms with Crippen LogP contribution in [0.25, 0.3) is 0 Å². The van der Waals surface area contributed by atoms with E-state index in [1.807, 2.05) is 0 Å². The van der Waals surface area contributed by atoms with E-state index in [0.717, 1.165) is 37.8 Å². The van der Waals surface area contributed by atoms with E-state index in [9.17, 15) is 13.6 Å². The van der Waals surface area contributed by atoms with Gasteiger partial charge in [-0.2, -0.15) is 0 Å². The third-order valence-corrected chi connectivity index (χ3v) is 3.23. The first kappa shape index (κ1) is 12.3. The second kappa shape index (κ2) is 5.00. The van der Waals surface area contributed by atoms with Gasteiger partial charge in [-0.3, -0.25) is 4.79 Å². The summed E-state index contributed by atoms with van der Waals surface area (Å²) in [6.45, 7) is 0. The van der Waals surface area contributed by atoms with Crippen molar-refractivity contribution in [1.82, 2.24) is 5.32 Å². The second-order valence-electron chi connectivity index (χ2n) is 4.20. The molecule has 2 nitrogen and oxygen atoms in total. The highest BCUT2D eigenvalue weighted by Gasteiger charge is 2.21. The fraction of sp³-hybridized carbons (Fsp3) is 0.417. The number of hydrogen-bond donors (Lipinski definition) is 1. The van der Waals surface area contributed by atoms with Crippen LogP contribution in [0.4, 0.5) is 8.78 Å². The number of nitrogens with one attached hydrogen (secondary N) is 1. The van der Waals surface area contributed by atoms with Crippen LogP contribution in [0.5, 0.6) is 0 Å². The molecule has 1 aromatic rings. The Balaban J connectivity index is 2.15. The molecule has 92 valence electrons. The molecule has 0 heterocycles. The topological polar surface area (TPSA) is 29.1 Å². The lowest BCUT2D eigenvalue weighted by Gasteiger charge is -2.12. The van der Waals surface area contributed by atoms with Crippen LogP contribution in [0.2, 0.25) is 5.02 Å². The molecular formula is C12H12ClF2NO. The summed E-state index contributed by atoms with van der Waals surface area (Å²) >= 11 is 5.41. The summed E-state index contributed by atoms with van der Waals surface area (Å²) in [6, 6.07) is 1.73. The Labute approximate surface area is 103 Å². The van der Waals surface area contributed by atoms with E-state index in [0.29, 0.717) is 0 Å². The summed E-state index contributed by atoms with van der Waals surface area (Å²) in [5.41, 5.74) is -0.293. The van der Waals surface area contributed by atoms with E-state index >= 15 is 0 Å². The van der Waals surface area contributed by atoms with Crippen molar-refractivity contribution < 1.29 is 13.6 Å². The molecule has 0 atom stereocenters. The van der Waals surface area contributed by atoms with E-state index in [1.54, 1.807) is 0 Å². The summed E-state index contributed by atoms with van der Waals surface area (Å²) in [7, 11) is 0. The molecule has 0 unspecified atom stereocenters. The smallest absolute Gasteiger partial charge is 0.254 e. The van der Waals surface area contributed by atoms with Crippen LogP contribution >= 0.6 is 11.6 Å². The Morgan fingerprint density at radius 1 is 1.24 bits per heavy atom. The zero-order valence-corrected chi connectivity index (χ0v) is 9.86. The molecule has 0 radical (unpaired) electrons. The molecular weight excluding hydrogens is 248 g/mol. The number of rotatable bonds is 2. The normalized spacial score (nSPS) is 16.2. The number of hydrogen-bond acceptors (Lipinski definition) is 1. The number of amides is 1. The molecule has 0 bridgehead atoms. The summed E-state index contributed by atoms with van der Waals surface area (Å²) in [4.78, 5) is 11.7. The average Bonchev–Trinajstić information content (AvgIpc) is 2.76. The molecule has 0 spiro atoms. The first-order chi connectivity index (χ1) is 8.08. The maximum Gasteiger partial charge on any atom is 0.254 e. The predicted molar refractivity (Wildman–Crippen MR) is 61.1 cm³/mol. The monoisotopic (exact) mass is 259 g/mol. The van der Waals surface area contributed by atoms with Gasteiger partial charge in [0, 0.05) is 6.04 Å². The molecule has 1 amide bonds. The minimum absolute atomic E-state index is 0.0700. The van der Waals surface area contributed by atoms with Crippen LogP contribution in [0, 0.1) is 11.6 Å². The van der Waals surface area contributed by atoms with Crippen molar-refractivity contribution in [2.45, 2.75) is 31.7 Å². The predicted octanol–water partition coefficient (Wildman–Crippen LogP) is 3.29. The van der Waals surface area contributed by atoms with Crippen LogP contribution in [-0.4, -0.2) is 11.9 Å². The standard InChI is InChI=1S/C12H12ClF2NO/c13-9-6-10(14)8(5-11(9)15)12(17)16-7-3-1-2-4-7/h5-7H,1-4H2,(H,16,17). The van der Waals surface area contributed by atoms with Crippen molar-refractivity contribution >= 4 is 17.5 Å². The highest BCUT2D eigenvalue weighted by molar-refractivity contribution is 6.30. The van der Waals surface area contributed by atoms with Crippen LogP contribution in [0.15, 0.2) is 12.1 Å². The van der Waals surface area contributed by atoms with Gasteiger partial charge in [-0.25, -0.2) is 8.78 Å². The average molecular weight is 260 g/mol. The van der Waals surface area contributed by atoms with Crippen molar-refractivity contribution in [3.8, 4) is 0 Å². The highest BCUT2D eigenvalue weighted by atomic mass is 35.5. The fourth-order valence-corrected chi connectivity index (χ4v) is 2.18. The molecule has 1 saturated carbocycles. The van der Waals surface area contributed by atoms with E-state index in [2.05, 4.69) is 5.32 Å². The molecule has 1 aliphatic carbocycles. The molecule has 1 aliphatic rings. The molecule has 5 heteroatoms. The van der Waals surface area contributed by atoms with E-state index in [-0.39, 0.29) is 16.6 Å². The van der Waals surface area contributed by atoms with Gasteiger partial charge in [-0.05, 0) is 25.0 Å². The number of halogens is 3. The van der Waals surface area contributed by atoms with Crippen molar-refractivity contribution in [1.29, 1.82) is 0 Å². The minimum atomic E-state index is -0.799. The summed E-state index contributed by atoms with van der Waals surface area (Å²) in [5.74, 6) is -2.17. The van der Waals surface area contributed by atoms with Gasteiger partial charge in [0.05, 0.1) is 10.6 Å². The van der Waals surface area contributed by atoms with E-state index < -0.39 is 17.5 Å². The maximum absolute atomic E-state index is 13.4. The van der Waals surface area contributed by atoms with Crippen LogP contribution in [-0.2, 0) is 0 Å². The molecule has 1 fully saturated rings. The van der Waals surface area contributed by atoms with Gasteiger partial charge >= 0.3 is 0 Å². The number of carbonyl (C=O) groups is 1. The van der Waals surface area contributed by atoms with Crippen LogP contribution in [0.3, 0.4) is 0 Å². The first-order valence-electron chi connectivity index (χ1n) is 5.53.